The molecule has 20 heavy (non-hydrogen) atoms. The Labute approximate surface area is 129 Å². The quantitative estimate of drug-likeness (QED) is 0.454. The number of alkyl halides is 1. The number of amides is 1. The highest BCUT2D eigenvalue weighted by Gasteiger charge is 2.14. The number of rotatable bonds is 5. The van der Waals surface area contributed by atoms with Gasteiger partial charge in [0.1, 0.15) is 19.8 Å². The first-order valence-electron chi connectivity index (χ1n) is 6.44. The number of halogens is 1. The molecule has 1 amide bonds. The van der Waals surface area contributed by atoms with Crippen LogP contribution >= 0.6 is 15.9 Å². The number of aryl methyl sites for hydroxylation is 2. The van der Waals surface area contributed by atoms with E-state index in [0.717, 1.165) is 16.8 Å². The Bertz CT molecular complexity index is 496. The van der Waals surface area contributed by atoms with E-state index in [0.29, 0.717) is 6.54 Å². The largest absolute Gasteiger partial charge is 0.463 e. The van der Waals surface area contributed by atoms with Crippen LogP contribution in [0.3, 0.4) is 0 Å². The molecule has 0 aliphatic rings. The van der Waals surface area contributed by atoms with Crippen molar-refractivity contribution in [3.63, 3.8) is 0 Å². The zero-order valence-electron chi connectivity index (χ0n) is 12.3. The molecule has 0 fully saturated rings. The molecule has 108 valence electrons. The first-order chi connectivity index (χ1) is 9.36. The van der Waals surface area contributed by atoms with Gasteiger partial charge in [0.25, 0.3) is 0 Å². The molecule has 4 nitrogen and oxygen atoms in total. The number of benzene rings is 1. The second-order valence-electron chi connectivity index (χ2n) is 4.73. The molecule has 0 saturated carbocycles. The highest BCUT2D eigenvalue weighted by Crippen LogP contribution is 2.17. The molecule has 0 unspecified atom stereocenters. The van der Waals surface area contributed by atoms with Crippen LogP contribution in [0.2, 0.25) is 0 Å². The van der Waals surface area contributed by atoms with Gasteiger partial charge in [0.05, 0.1) is 6.54 Å². The monoisotopic (exact) mass is 339 g/mol. The molecule has 0 spiro atoms. The summed E-state index contributed by atoms with van der Waals surface area (Å²) in [5.41, 5.74) is 4.35. The lowest BCUT2D eigenvalue weighted by Gasteiger charge is -2.23. The van der Waals surface area contributed by atoms with Crippen LogP contribution < -0.4 is 10.4 Å². The van der Waals surface area contributed by atoms with Crippen LogP contribution in [-0.2, 0) is 14.3 Å². The van der Waals surface area contributed by atoms with Crippen molar-refractivity contribution in [2.24, 2.45) is 0 Å². The van der Waals surface area contributed by atoms with Crippen molar-refractivity contribution in [3.05, 3.63) is 23.3 Å². The molecule has 0 radical (unpaired) electrons. The Morgan fingerprint density at radius 3 is 2.30 bits per heavy atom. The van der Waals surface area contributed by atoms with Gasteiger partial charge in [-0.1, -0.05) is 32.5 Å². The third-order valence-electron chi connectivity index (χ3n) is 3.29. The molecule has 1 aromatic rings. The van der Waals surface area contributed by atoms with E-state index in [-0.39, 0.29) is 23.8 Å². The Morgan fingerprint density at radius 2 is 1.85 bits per heavy atom. The van der Waals surface area contributed by atoms with Crippen molar-refractivity contribution >= 4 is 46.8 Å². The molecule has 0 aliphatic heterocycles. The van der Waals surface area contributed by atoms with E-state index in [2.05, 4.69) is 23.8 Å². The fourth-order valence-corrected chi connectivity index (χ4v) is 2.09. The SMILES string of the molecule is Bc1c(C)cc(N(CCOC(=O)CBr)C(C)=O)cc1C. The van der Waals surface area contributed by atoms with E-state index in [4.69, 9.17) is 4.74 Å². The summed E-state index contributed by atoms with van der Waals surface area (Å²) in [6, 6.07) is 3.96. The van der Waals surface area contributed by atoms with E-state index in [9.17, 15) is 9.59 Å². The number of hydrogen-bond acceptors (Lipinski definition) is 3. The van der Waals surface area contributed by atoms with Crippen LogP contribution in [0.4, 0.5) is 5.69 Å². The van der Waals surface area contributed by atoms with Crippen LogP contribution in [0.1, 0.15) is 18.1 Å². The minimum Gasteiger partial charge on any atom is -0.463 e. The van der Waals surface area contributed by atoms with Gasteiger partial charge in [0, 0.05) is 12.6 Å². The standard InChI is InChI=1S/C14H19BBrNO3/c1-9-6-12(7-10(2)14(9)15)17(11(3)18)4-5-20-13(19)8-16/h6-7H,4-5,8,15H2,1-3H3. The molecule has 0 aromatic heterocycles. The molecular formula is C14H19BBrNO3. The summed E-state index contributed by atoms with van der Waals surface area (Å²) in [4.78, 5) is 24.5. The van der Waals surface area contributed by atoms with Gasteiger partial charge in [-0.05, 0) is 26.0 Å². The minimum absolute atomic E-state index is 0.0671. The maximum absolute atomic E-state index is 11.8. The highest BCUT2D eigenvalue weighted by atomic mass is 79.9. The van der Waals surface area contributed by atoms with Crippen molar-refractivity contribution in [3.8, 4) is 0 Å². The zero-order chi connectivity index (χ0) is 15.3. The lowest BCUT2D eigenvalue weighted by molar-refractivity contribution is -0.140. The van der Waals surface area contributed by atoms with Crippen LogP contribution in [0.15, 0.2) is 12.1 Å². The van der Waals surface area contributed by atoms with Crippen molar-refractivity contribution in [2.75, 3.05) is 23.4 Å². The number of hydrogen-bond donors (Lipinski definition) is 0. The lowest BCUT2D eigenvalue weighted by Crippen LogP contribution is -2.33. The topological polar surface area (TPSA) is 46.6 Å². The molecule has 6 heteroatoms. The molecule has 0 atom stereocenters. The second-order valence-corrected chi connectivity index (χ2v) is 5.29. The average Bonchev–Trinajstić information content (AvgIpc) is 2.39. The fourth-order valence-electron chi connectivity index (χ4n) is 1.93. The van der Waals surface area contributed by atoms with Gasteiger partial charge < -0.3 is 9.64 Å². The third-order valence-corrected chi connectivity index (χ3v) is 3.75. The van der Waals surface area contributed by atoms with Gasteiger partial charge in [-0.2, -0.15) is 0 Å². The summed E-state index contributed by atoms with van der Waals surface area (Å²) in [7, 11) is 2.06. The van der Waals surface area contributed by atoms with Crippen molar-refractivity contribution in [2.45, 2.75) is 20.8 Å². The number of anilines is 1. The number of nitrogens with zero attached hydrogens (tertiary/aromatic N) is 1. The molecule has 1 rings (SSSR count). The van der Waals surface area contributed by atoms with Gasteiger partial charge in [-0.3, -0.25) is 9.59 Å². The molecule has 0 N–H and O–H groups in total. The number of carbonyl (C=O) groups is 2. The molecular weight excluding hydrogens is 321 g/mol. The van der Waals surface area contributed by atoms with E-state index in [1.54, 1.807) is 4.90 Å². The van der Waals surface area contributed by atoms with Gasteiger partial charge in [-0.25, -0.2) is 0 Å². The summed E-state index contributed by atoms with van der Waals surface area (Å²) in [6.07, 6.45) is 0. The van der Waals surface area contributed by atoms with Gasteiger partial charge in [0.2, 0.25) is 5.91 Å². The second kappa shape index (κ2) is 7.48. The Hall–Kier alpha value is -1.30. The van der Waals surface area contributed by atoms with Crippen molar-refractivity contribution in [1.29, 1.82) is 0 Å². The Kier molecular flexibility index (Phi) is 6.27. The van der Waals surface area contributed by atoms with Gasteiger partial charge in [-0.15, -0.1) is 0 Å². The molecule has 1 aromatic carbocycles. The van der Waals surface area contributed by atoms with E-state index < -0.39 is 0 Å². The Morgan fingerprint density at radius 1 is 1.30 bits per heavy atom. The Balaban J connectivity index is 2.86. The van der Waals surface area contributed by atoms with Crippen LogP contribution in [0.25, 0.3) is 0 Å². The lowest BCUT2D eigenvalue weighted by atomic mass is 9.86. The normalized spacial score (nSPS) is 10.2. The molecule has 0 heterocycles. The van der Waals surface area contributed by atoms with Crippen LogP contribution in [0.5, 0.6) is 0 Å². The van der Waals surface area contributed by atoms with Crippen molar-refractivity contribution in [1.82, 2.24) is 0 Å². The first-order valence-corrected chi connectivity index (χ1v) is 7.56. The molecule has 0 saturated heterocycles. The van der Waals surface area contributed by atoms with E-state index in [1.807, 2.05) is 26.0 Å². The maximum Gasteiger partial charge on any atom is 0.316 e. The third kappa shape index (κ3) is 4.37. The van der Waals surface area contributed by atoms with Gasteiger partial charge >= 0.3 is 5.97 Å². The zero-order valence-corrected chi connectivity index (χ0v) is 13.9. The van der Waals surface area contributed by atoms with Gasteiger partial charge in [0.15, 0.2) is 0 Å². The minimum atomic E-state index is -0.329. The predicted octanol–water partition coefficient (Wildman–Crippen LogP) is 0.853. The molecule has 0 bridgehead atoms. The predicted molar refractivity (Wildman–Crippen MR) is 86.9 cm³/mol. The maximum atomic E-state index is 11.8. The number of esters is 1. The number of carbonyl (C=O) groups excluding carboxylic acids is 2. The summed E-state index contributed by atoms with van der Waals surface area (Å²) < 4.78 is 5.00. The summed E-state index contributed by atoms with van der Waals surface area (Å²) in [5, 5.41) is 0.163. The smallest absolute Gasteiger partial charge is 0.316 e. The summed E-state index contributed by atoms with van der Waals surface area (Å²) >= 11 is 3.03. The number of ether oxygens (including phenoxy) is 1. The highest BCUT2D eigenvalue weighted by molar-refractivity contribution is 9.09. The summed E-state index contributed by atoms with van der Waals surface area (Å²) in [6.45, 7) is 6.10. The van der Waals surface area contributed by atoms with E-state index >= 15 is 0 Å². The molecule has 0 aliphatic carbocycles. The fraction of sp³-hybridized carbons (Fsp3) is 0.429. The first kappa shape index (κ1) is 16.8. The van der Waals surface area contributed by atoms with Crippen molar-refractivity contribution < 1.29 is 14.3 Å². The summed E-state index contributed by atoms with van der Waals surface area (Å²) in [5.74, 6) is -0.396. The van der Waals surface area contributed by atoms with Crippen LogP contribution in [-0.4, -0.2) is 38.2 Å². The average molecular weight is 340 g/mol. The van der Waals surface area contributed by atoms with E-state index in [1.165, 1.54) is 12.4 Å². The van der Waals surface area contributed by atoms with Crippen LogP contribution in [0, 0.1) is 13.8 Å².